The molecule has 2 heterocycles. The fraction of sp³-hybridized carbons (Fsp3) is 0.154. The molecular weight excluding hydrogens is 398 g/mol. The first kappa shape index (κ1) is 21.0. The highest BCUT2D eigenvalue weighted by atomic mass is 16.2. The van der Waals surface area contributed by atoms with Gasteiger partial charge in [0.2, 0.25) is 0 Å². The lowest BCUT2D eigenvalue weighted by molar-refractivity contribution is 0.0737. The van der Waals surface area contributed by atoms with Crippen molar-refractivity contribution in [1.29, 1.82) is 5.26 Å². The van der Waals surface area contributed by atoms with Crippen LogP contribution in [0.25, 0.3) is 16.9 Å². The zero-order valence-corrected chi connectivity index (χ0v) is 17.8. The summed E-state index contributed by atoms with van der Waals surface area (Å²) in [5.74, 6) is -0.180. The van der Waals surface area contributed by atoms with Gasteiger partial charge in [-0.3, -0.25) is 9.78 Å². The van der Waals surface area contributed by atoms with E-state index in [1.54, 1.807) is 22.0 Å². The lowest BCUT2D eigenvalue weighted by Crippen LogP contribution is -2.33. The number of carbonyl (C=O) groups excluding carboxylic acids is 1. The summed E-state index contributed by atoms with van der Waals surface area (Å²) in [6.45, 7) is 2.70. The van der Waals surface area contributed by atoms with Crippen molar-refractivity contribution in [2.45, 2.75) is 19.9 Å². The molecule has 0 atom stereocenters. The minimum atomic E-state index is -0.180. The fourth-order valence-electron chi connectivity index (χ4n) is 3.55. The maximum Gasteiger partial charge on any atom is 0.272 e. The average molecular weight is 422 g/mol. The first-order chi connectivity index (χ1) is 15.7. The molecule has 0 aliphatic rings. The Morgan fingerprint density at radius 1 is 1.06 bits per heavy atom. The number of hydrogen-bond acceptors (Lipinski definition) is 4. The minimum Gasteiger partial charge on any atom is -0.332 e. The Morgan fingerprint density at radius 3 is 2.62 bits per heavy atom. The van der Waals surface area contributed by atoms with Crippen molar-refractivity contribution in [3.05, 3.63) is 102 Å². The summed E-state index contributed by atoms with van der Waals surface area (Å²) >= 11 is 0. The van der Waals surface area contributed by atoms with Gasteiger partial charge in [0.1, 0.15) is 5.69 Å². The van der Waals surface area contributed by atoms with Crippen molar-refractivity contribution in [2.75, 3.05) is 6.54 Å². The van der Waals surface area contributed by atoms with Crippen molar-refractivity contribution in [3.63, 3.8) is 0 Å². The number of amides is 1. The SMILES string of the molecule is Cc1cccc(-n2nc(-c3ccccc3)cc2C(=O)N(CCC#N)Cc2cccnc2)c1. The van der Waals surface area contributed by atoms with Gasteiger partial charge in [0.15, 0.2) is 0 Å². The van der Waals surface area contributed by atoms with Crippen molar-refractivity contribution in [3.8, 4) is 23.0 Å². The molecule has 0 saturated heterocycles. The Bertz CT molecular complexity index is 1240. The Labute approximate surface area is 187 Å². The second-order valence-electron chi connectivity index (χ2n) is 7.53. The fourth-order valence-corrected chi connectivity index (χ4v) is 3.55. The molecule has 0 spiro atoms. The smallest absolute Gasteiger partial charge is 0.272 e. The van der Waals surface area contributed by atoms with Gasteiger partial charge in [-0.05, 0) is 42.3 Å². The van der Waals surface area contributed by atoms with Crippen LogP contribution >= 0.6 is 0 Å². The summed E-state index contributed by atoms with van der Waals surface area (Å²) in [6, 6.07) is 25.4. The van der Waals surface area contributed by atoms with Crippen LogP contribution in [0.2, 0.25) is 0 Å². The molecule has 0 aliphatic carbocycles. The van der Waals surface area contributed by atoms with Crippen molar-refractivity contribution in [2.24, 2.45) is 0 Å². The van der Waals surface area contributed by atoms with Crippen LogP contribution in [0.15, 0.2) is 85.2 Å². The van der Waals surface area contributed by atoms with E-state index in [1.165, 1.54) is 0 Å². The Kier molecular flexibility index (Phi) is 6.38. The summed E-state index contributed by atoms with van der Waals surface area (Å²) in [7, 11) is 0. The zero-order chi connectivity index (χ0) is 22.3. The summed E-state index contributed by atoms with van der Waals surface area (Å²) in [5.41, 5.74) is 4.91. The average Bonchev–Trinajstić information content (AvgIpc) is 3.28. The van der Waals surface area contributed by atoms with Gasteiger partial charge in [0.25, 0.3) is 5.91 Å². The quantitative estimate of drug-likeness (QED) is 0.430. The number of nitriles is 1. The number of carbonyl (C=O) groups is 1. The van der Waals surface area contributed by atoms with E-state index in [2.05, 4.69) is 11.1 Å². The van der Waals surface area contributed by atoms with Crippen molar-refractivity contribution < 1.29 is 4.79 Å². The van der Waals surface area contributed by atoms with E-state index < -0.39 is 0 Å². The van der Waals surface area contributed by atoms with Gasteiger partial charge < -0.3 is 4.90 Å². The molecule has 2 aromatic heterocycles. The largest absolute Gasteiger partial charge is 0.332 e. The van der Waals surface area contributed by atoms with E-state index in [1.807, 2.05) is 79.7 Å². The van der Waals surface area contributed by atoms with Gasteiger partial charge >= 0.3 is 0 Å². The molecule has 0 bridgehead atoms. The predicted octanol–water partition coefficient (Wildman–Crippen LogP) is 4.80. The van der Waals surface area contributed by atoms with Gasteiger partial charge in [-0.15, -0.1) is 0 Å². The molecule has 0 saturated carbocycles. The maximum absolute atomic E-state index is 13.7. The highest BCUT2D eigenvalue weighted by Gasteiger charge is 2.23. The summed E-state index contributed by atoms with van der Waals surface area (Å²) in [4.78, 5) is 19.5. The van der Waals surface area contributed by atoms with E-state index in [9.17, 15) is 4.79 Å². The number of pyridine rings is 1. The van der Waals surface area contributed by atoms with Gasteiger partial charge in [0.05, 0.1) is 23.9 Å². The van der Waals surface area contributed by atoms with Crippen LogP contribution < -0.4 is 0 Å². The Hall–Kier alpha value is -4.24. The zero-order valence-electron chi connectivity index (χ0n) is 17.8. The van der Waals surface area contributed by atoms with Crippen LogP contribution in [0, 0.1) is 18.3 Å². The number of nitrogens with zero attached hydrogens (tertiary/aromatic N) is 5. The summed E-state index contributed by atoms with van der Waals surface area (Å²) < 4.78 is 1.69. The standard InChI is InChI=1S/C26H23N5O/c1-20-8-5-12-23(16-20)31-25(17-24(29-31)22-10-3-2-4-11-22)26(32)30(15-7-13-27)19-21-9-6-14-28-18-21/h2-6,8-12,14,16-18H,7,15,19H2,1H3. The lowest BCUT2D eigenvalue weighted by atomic mass is 10.1. The second-order valence-corrected chi connectivity index (χ2v) is 7.53. The predicted molar refractivity (Wildman–Crippen MR) is 123 cm³/mol. The van der Waals surface area contributed by atoms with Crippen LogP contribution in [-0.2, 0) is 6.54 Å². The van der Waals surface area contributed by atoms with E-state index in [-0.39, 0.29) is 12.3 Å². The molecule has 0 aliphatic heterocycles. The van der Waals surface area contributed by atoms with Crippen LogP contribution in [0.4, 0.5) is 0 Å². The van der Waals surface area contributed by atoms with Crippen LogP contribution in [0.5, 0.6) is 0 Å². The van der Waals surface area contributed by atoms with Crippen LogP contribution in [0.3, 0.4) is 0 Å². The molecule has 158 valence electrons. The number of aryl methyl sites for hydroxylation is 1. The first-order valence-corrected chi connectivity index (χ1v) is 10.4. The van der Waals surface area contributed by atoms with Gasteiger partial charge in [-0.2, -0.15) is 10.4 Å². The van der Waals surface area contributed by atoms with Crippen LogP contribution in [0.1, 0.15) is 28.0 Å². The van der Waals surface area contributed by atoms with Gasteiger partial charge in [-0.25, -0.2) is 4.68 Å². The van der Waals surface area contributed by atoms with E-state index in [4.69, 9.17) is 10.4 Å². The van der Waals surface area contributed by atoms with Crippen molar-refractivity contribution in [1.82, 2.24) is 19.7 Å². The molecule has 4 rings (SSSR count). The highest BCUT2D eigenvalue weighted by molar-refractivity contribution is 5.94. The number of rotatable bonds is 7. The minimum absolute atomic E-state index is 0.180. The normalized spacial score (nSPS) is 10.5. The van der Waals surface area contributed by atoms with Crippen LogP contribution in [-0.4, -0.2) is 32.1 Å². The third kappa shape index (κ3) is 4.73. The molecule has 0 radical (unpaired) electrons. The maximum atomic E-state index is 13.7. The van der Waals surface area contributed by atoms with E-state index in [0.29, 0.717) is 18.8 Å². The summed E-state index contributed by atoms with van der Waals surface area (Å²) in [6.07, 6.45) is 3.68. The van der Waals surface area contributed by atoms with E-state index in [0.717, 1.165) is 28.1 Å². The molecule has 6 heteroatoms. The topological polar surface area (TPSA) is 74.8 Å². The molecule has 0 N–H and O–H groups in total. The van der Waals surface area contributed by atoms with Gasteiger partial charge in [-0.1, -0.05) is 48.5 Å². The Balaban J connectivity index is 1.77. The molecule has 0 unspecified atom stereocenters. The first-order valence-electron chi connectivity index (χ1n) is 10.4. The van der Waals surface area contributed by atoms with Crippen molar-refractivity contribution >= 4 is 5.91 Å². The number of aromatic nitrogens is 3. The molecule has 1 amide bonds. The number of benzene rings is 2. The monoisotopic (exact) mass is 421 g/mol. The second kappa shape index (κ2) is 9.71. The molecule has 32 heavy (non-hydrogen) atoms. The highest BCUT2D eigenvalue weighted by Crippen LogP contribution is 2.24. The van der Waals surface area contributed by atoms with Gasteiger partial charge in [0, 0.05) is 31.0 Å². The third-order valence-electron chi connectivity index (χ3n) is 5.12. The molecular formula is C26H23N5O. The summed E-state index contributed by atoms with van der Waals surface area (Å²) in [5, 5.41) is 13.9. The molecule has 0 fully saturated rings. The molecule has 6 nitrogen and oxygen atoms in total. The Morgan fingerprint density at radius 2 is 1.91 bits per heavy atom. The molecule has 2 aromatic carbocycles. The van der Waals surface area contributed by atoms with E-state index >= 15 is 0 Å². The number of hydrogen-bond donors (Lipinski definition) is 0. The third-order valence-corrected chi connectivity index (χ3v) is 5.12. The lowest BCUT2D eigenvalue weighted by Gasteiger charge is -2.22. The molecule has 4 aromatic rings.